The number of carbonyl (C=O) groups is 1. The molecule has 0 saturated heterocycles. The summed E-state index contributed by atoms with van der Waals surface area (Å²) in [4.78, 5) is 13.2. The van der Waals surface area contributed by atoms with Crippen molar-refractivity contribution in [1.29, 1.82) is 0 Å². The molecule has 0 amide bonds. The molecule has 1 heterocycles. The van der Waals surface area contributed by atoms with Crippen LogP contribution in [0.4, 0.5) is 0 Å². The summed E-state index contributed by atoms with van der Waals surface area (Å²) in [6.07, 6.45) is 7.45. The molecule has 0 N–H and O–H groups in total. The highest BCUT2D eigenvalue weighted by Gasteiger charge is 2.54. The lowest BCUT2D eigenvalue weighted by Crippen LogP contribution is -2.50. The molecule has 4 saturated carbocycles. The highest BCUT2D eigenvalue weighted by molar-refractivity contribution is 7.99. The van der Waals surface area contributed by atoms with Crippen LogP contribution in [0.15, 0.2) is 29.4 Å². The van der Waals surface area contributed by atoms with Crippen molar-refractivity contribution in [3.63, 3.8) is 0 Å². The number of thioether (sulfide) groups is 1. The normalized spacial score (nSPS) is 29.9. The van der Waals surface area contributed by atoms with Crippen LogP contribution in [0, 0.1) is 23.2 Å². The molecule has 7 heteroatoms. The molecule has 4 fully saturated rings. The topological polar surface area (TPSA) is 57.0 Å². The number of nitrogens with zero attached hydrogens (tertiary/aromatic N) is 3. The smallest absolute Gasteiger partial charge is 0.191 e. The fraction of sp³-hybridized carbons (Fsp3) is 0.591. The Hall–Kier alpha value is -1.53. The first-order chi connectivity index (χ1) is 14.0. The molecule has 4 aliphatic rings. The first-order valence-electron chi connectivity index (χ1n) is 10.4. The number of carbonyl (C=O) groups excluding carboxylic acids is 1. The maximum absolute atomic E-state index is 13.2. The Bertz CT molecular complexity index is 876. The third kappa shape index (κ3) is 3.81. The number of halogens is 1. The third-order valence-corrected chi connectivity index (χ3v) is 8.34. The molecule has 29 heavy (non-hydrogen) atoms. The number of ketones is 1. The zero-order chi connectivity index (χ0) is 20.0. The van der Waals surface area contributed by atoms with Gasteiger partial charge in [0.05, 0.1) is 5.75 Å². The number of rotatable bonds is 7. The maximum Gasteiger partial charge on any atom is 0.191 e. The fourth-order valence-corrected chi connectivity index (χ4v) is 7.10. The summed E-state index contributed by atoms with van der Waals surface area (Å²) in [6, 6.07) is 7.26. The third-order valence-electron chi connectivity index (χ3n) is 7.07. The van der Waals surface area contributed by atoms with E-state index < -0.39 is 0 Å². The molecule has 1 aromatic carbocycles. The average Bonchev–Trinajstić information content (AvgIpc) is 3.04. The molecular weight excluding hydrogens is 406 g/mol. The number of ether oxygens (including phenoxy) is 1. The Balaban J connectivity index is 1.19. The molecule has 0 spiro atoms. The SMILES string of the molecule is Cn1c(COc2ccc(Cl)cc2)nnc1SCC(=O)C12CC3CC(CC(C3)C1)C2. The maximum atomic E-state index is 13.2. The van der Waals surface area contributed by atoms with Crippen molar-refractivity contribution >= 4 is 29.1 Å². The predicted octanol–water partition coefficient (Wildman–Crippen LogP) is 4.93. The van der Waals surface area contributed by atoms with Gasteiger partial charge in [0.2, 0.25) is 0 Å². The molecule has 6 rings (SSSR count). The molecule has 5 nitrogen and oxygen atoms in total. The van der Waals surface area contributed by atoms with Gasteiger partial charge in [-0.25, -0.2) is 0 Å². The Morgan fingerprint density at radius 3 is 2.38 bits per heavy atom. The van der Waals surface area contributed by atoms with Crippen molar-refractivity contribution in [2.45, 2.75) is 50.3 Å². The molecule has 0 radical (unpaired) electrons. The van der Waals surface area contributed by atoms with Crippen LogP contribution >= 0.6 is 23.4 Å². The van der Waals surface area contributed by atoms with E-state index in [0.717, 1.165) is 53.7 Å². The van der Waals surface area contributed by atoms with E-state index in [1.165, 1.54) is 31.0 Å². The van der Waals surface area contributed by atoms with Gasteiger partial charge in [0.15, 0.2) is 11.0 Å². The van der Waals surface area contributed by atoms with E-state index in [1.807, 2.05) is 23.7 Å². The van der Waals surface area contributed by atoms with Gasteiger partial charge in [-0.3, -0.25) is 4.79 Å². The minimum Gasteiger partial charge on any atom is -0.486 e. The van der Waals surface area contributed by atoms with Gasteiger partial charge in [0.1, 0.15) is 18.1 Å². The van der Waals surface area contributed by atoms with Crippen molar-refractivity contribution in [2.24, 2.45) is 30.2 Å². The number of hydrogen-bond donors (Lipinski definition) is 0. The second-order valence-corrected chi connectivity index (χ2v) is 10.5. The van der Waals surface area contributed by atoms with E-state index in [0.29, 0.717) is 23.2 Å². The zero-order valence-electron chi connectivity index (χ0n) is 16.6. The van der Waals surface area contributed by atoms with Crippen LogP contribution in [-0.4, -0.2) is 26.3 Å². The number of aromatic nitrogens is 3. The molecular formula is C22H26ClN3O2S. The van der Waals surface area contributed by atoms with Crippen LogP contribution in [0.2, 0.25) is 5.02 Å². The van der Waals surface area contributed by atoms with E-state index in [4.69, 9.17) is 16.3 Å². The van der Waals surface area contributed by atoms with Gasteiger partial charge in [-0.1, -0.05) is 23.4 Å². The quantitative estimate of drug-likeness (QED) is 0.582. The van der Waals surface area contributed by atoms with Crippen LogP contribution in [-0.2, 0) is 18.4 Å². The second-order valence-electron chi connectivity index (χ2n) is 9.11. The molecule has 4 bridgehead atoms. The molecule has 1 aromatic heterocycles. The monoisotopic (exact) mass is 431 g/mol. The van der Waals surface area contributed by atoms with Gasteiger partial charge in [-0.15, -0.1) is 10.2 Å². The van der Waals surface area contributed by atoms with Gasteiger partial charge in [-0.05, 0) is 80.5 Å². The van der Waals surface area contributed by atoms with Crippen LogP contribution in [0.25, 0.3) is 0 Å². The molecule has 4 aliphatic carbocycles. The van der Waals surface area contributed by atoms with Gasteiger partial charge in [0.25, 0.3) is 0 Å². The van der Waals surface area contributed by atoms with Crippen molar-refractivity contribution in [1.82, 2.24) is 14.8 Å². The minimum absolute atomic E-state index is 0.0408. The summed E-state index contributed by atoms with van der Waals surface area (Å²) < 4.78 is 7.70. The lowest BCUT2D eigenvalue weighted by Gasteiger charge is -2.56. The average molecular weight is 432 g/mol. The summed E-state index contributed by atoms with van der Waals surface area (Å²) in [7, 11) is 1.93. The number of hydrogen-bond acceptors (Lipinski definition) is 5. The van der Waals surface area contributed by atoms with E-state index in [2.05, 4.69) is 10.2 Å². The van der Waals surface area contributed by atoms with Crippen LogP contribution in [0.3, 0.4) is 0 Å². The summed E-state index contributed by atoms with van der Waals surface area (Å²) in [5.74, 6) is 4.79. The van der Waals surface area contributed by atoms with Crippen LogP contribution in [0.5, 0.6) is 5.75 Å². The highest BCUT2D eigenvalue weighted by atomic mass is 35.5. The minimum atomic E-state index is -0.0408. The fourth-order valence-electron chi connectivity index (χ4n) is 6.01. The predicted molar refractivity (Wildman–Crippen MR) is 113 cm³/mol. The van der Waals surface area contributed by atoms with Crippen LogP contribution < -0.4 is 4.74 Å². The van der Waals surface area contributed by atoms with Crippen LogP contribution in [0.1, 0.15) is 44.3 Å². The van der Waals surface area contributed by atoms with Gasteiger partial charge in [0, 0.05) is 17.5 Å². The molecule has 0 atom stereocenters. The Morgan fingerprint density at radius 1 is 1.14 bits per heavy atom. The highest BCUT2D eigenvalue weighted by Crippen LogP contribution is 2.60. The lowest BCUT2D eigenvalue weighted by atomic mass is 9.48. The molecule has 0 aliphatic heterocycles. The van der Waals surface area contributed by atoms with Gasteiger partial charge < -0.3 is 9.30 Å². The first-order valence-corrected chi connectivity index (χ1v) is 11.8. The molecule has 0 unspecified atom stereocenters. The molecule has 2 aromatic rings. The van der Waals surface area contributed by atoms with Gasteiger partial charge in [-0.2, -0.15) is 0 Å². The number of benzene rings is 1. The first kappa shape index (κ1) is 19.4. The Morgan fingerprint density at radius 2 is 1.76 bits per heavy atom. The summed E-state index contributed by atoms with van der Waals surface area (Å²) in [6.45, 7) is 0.328. The van der Waals surface area contributed by atoms with E-state index >= 15 is 0 Å². The van der Waals surface area contributed by atoms with E-state index in [9.17, 15) is 4.79 Å². The van der Waals surface area contributed by atoms with Crippen molar-refractivity contribution < 1.29 is 9.53 Å². The summed E-state index contributed by atoms with van der Waals surface area (Å²) >= 11 is 7.42. The lowest BCUT2D eigenvalue weighted by molar-refractivity contribution is -0.141. The van der Waals surface area contributed by atoms with Crippen molar-refractivity contribution in [2.75, 3.05) is 5.75 Å². The van der Waals surface area contributed by atoms with E-state index in [1.54, 1.807) is 12.1 Å². The Kier molecular flexibility index (Phi) is 5.11. The summed E-state index contributed by atoms with van der Waals surface area (Å²) in [5, 5.41) is 9.99. The summed E-state index contributed by atoms with van der Waals surface area (Å²) in [5.41, 5.74) is -0.0408. The second kappa shape index (κ2) is 7.62. The van der Waals surface area contributed by atoms with Crippen molar-refractivity contribution in [3.05, 3.63) is 35.1 Å². The standard InChI is InChI=1S/C22H26ClN3O2S/c1-26-20(12-28-18-4-2-17(23)3-5-18)24-25-21(26)29-13-19(27)22-9-14-6-15(10-22)8-16(7-14)11-22/h2-5,14-16H,6-13H2,1H3. The van der Waals surface area contributed by atoms with E-state index in [-0.39, 0.29) is 5.41 Å². The van der Waals surface area contributed by atoms with Gasteiger partial charge >= 0.3 is 0 Å². The zero-order valence-corrected chi connectivity index (χ0v) is 18.2. The largest absolute Gasteiger partial charge is 0.486 e. The molecule has 154 valence electrons. The Labute approximate surface area is 180 Å². The van der Waals surface area contributed by atoms with Crippen molar-refractivity contribution in [3.8, 4) is 5.75 Å². The number of Topliss-reactive ketones (excluding diaryl/α,β-unsaturated/α-hetero) is 1.